The molecule has 4 rings (SSSR count). The molecule has 0 bridgehead atoms. The predicted molar refractivity (Wildman–Crippen MR) is 252 cm³/mol. The molecule has 366 valence electrons. The van der Waals surface area contributed by atoms with Gasteiger partial charge in [-0.15, -0.1) is 0 Å². The van der Waals surface area contributed by atoms with Crippen LogP contribution in [0, 0.1) is 46.3 Å². The summed E-state index contributed by atoms with van der Waals surface area (Å²) in [4.78, 5) is 38.8. The van der Waals surface area contributed by atoms with Gasteiger partial charge in [0.15, 0.2) is 6.10 Å². The molecule has 0 aliphatic heterocycles. The molecule has 0 amide bonds. The summed E-state index contributed by atoms with van der Waals surface area (Å²) >= 11 is 0. The highest BCUT2D eigenvalue weighted by Crippen LogP contribution is 2.67. The van der Waals surface area contributed by atoms with E-state index >= 15 is 0 Å². The molecule has 0 aromatic carbocycles. The molecule has 11 heteroatoms. The molecular formula is C52H94NO9P. The number of phosphoric acid groups is 1. The lowest BCUT2D eigenvalue weighted by molar-refractivity contribution is -0.870. The molecule has 10 nitrogen and oxygen atoms in total. The smallest absolute Gasteiger partial charge is 0.509 e. The summed E-state index contributed by atoms with van der Waals surface area (Å²) in [5, 5.41) is 0. The number of carbonyl (C=O) groups is 2. The second-order valence-electron chi connectivity index (χ2n) is 22.5. The number of ether oxygens (including phenoxy) is 3. The average molecular weight is 908 g/mol. The number of allylic oxidation sites excluding steroid dienone is 1. The fraction of sp³-hybridized carbons (Fsp3) is 0.923. The van der Waals surface area contributed by atoms with Crippen molar-refractivity contribution in [1.82, 2.24) is 0 Å². The Bertz CT molecular complexity index is 1450. The number of phosphoric ester groups is 1. The molecule has 0 aromatic heterocycles. The second kappa shape index (κ2) is 26.2. The maximum atomic E-state index is 13.4. The second-order valence-corrected chi connectivity index (χ2v) is 23.9. The minimum Gasteiger partial charge on any atom is -0.756 e. The minimum absolute atomic E-state index is 0.0533. The summed E-state index contributed by atoms with van der Waals surface area (Å²) in [6.07, 6.45) is 28.9. The van der Waals surface area contributed by atoms with Crippen molar-refractivity contribution < 1.29 is 46.8 Å². The number of rotatable bonds is 30. The molecular weight excluding hydrogens is 814 g/mol. The van der Waals surface area contributed by atoms with Gasteiger partial charge in [-0.3, -0.25) is 9.36 Å². The van der Waals surface area contributed by atoms with Crippen LogP contribution < -0.4 is 4.89 Å². The van der Waals surface area contributed by atoms with E-state index in [0.29, 0.717) is 41.1 Å². The van der Waals surface area contributed by atoms with Crippen LogP contribution in [0.5, 0.6) is 0 Å². The zero-order chi connectivity index (χ0) is 46.1. The number of hydrogen-bond acceptors (Lipinski definition) is 9. The highest BCUT2D eigenvalue weighted by Gasteiger charge is 2.59. The van der Waals surface area contributed by atoms with E-state index in [1.807, 2.05) is 21.1 Å². The Hall–Kier alpha value is -1.45. The van der Waals surface area contributed by atoms with Crippen molar-refractivity contribution in [2.24, 2.45) is 46.3 Å². The maximum absolute atomic E-state index is 13.4. The van der Waals surface area contributed by atoms with E-state index in [9.17, 15) is 19.0 Å². The van der Waals surface area contributed by atoms with Gasteiger partial charge in [-0.25, -0.2) is 4.79 Å². The first-order valence-electron chi connectivity index (χ1n) is 26.0. The first-order chi connectivity index (χ1) is 29.9. The molecule has 0 heterocycles. The SMILES string of the molecule is CCCCCCCCCCCCCCCC(=O)OC[C@@H](COP(=O)([O-])OCC[N+](C)(C)C)OC(=O)O[C@H]1CC[C@@]2(C)C(=CC[C@H]3[C@@H]4CC[C@H]([C@H](C)CCCC(C)C)[C@@]4(C)CC[C@@H]32)C1. The van der Waals surface area contributed by atoms with Gasteiger partial charge in [-0.1, -0.05) is 150 Å². The monoisotopic (exact) mass is 908 g/mol. The molecule has 0 N–H and O–H groups in total. The standard InChI is InChI=1S/C52H94NO9P/c1-10-11-12-13-14-15-16-17-18-19-20-21-22-26-49(54)58-38-44(39-60-63(56,57)59-36-35-53(7,8)9)62-50(55)61-43-31-33-51(5)42(37-43)27-28-45-47-30-29-46(41(4)25-23-24-40(2)3)52(47,6)34-32-48(45)51/h27,40-41,43-48H,10-26,28-39H2,1-9H3/t41-,43+,44+,45+,46-,47+,48+,51+,52-/m1/s1. The number of quaternary nitrogens is 1. The van der Waals surface area contributed by atoms with Crippen LogP contribution in [0.25, 0.3) is 0 Å². The van der Waals surface area contributed by atoms with Gasteiger partial charge in [0.25, 0.3) is 7.82 Å². The van der Waals surface area contributed by atoms with E-state index in [1.54, 1.807) is 0 Å². The Balaban J connectivity index is 1.25. The predicted octanol–water partition coefficient (Wildman–Crippen LogP) is 13.2. The Kier molecular flexibility index (Phi) is 22.5. The van der Waals surface area contributed by atoms with Crippen LogP contribution in [0.1, 0.15) is 202 Å². The molecule has 1 unspecified atom stereocenters. The van der Waals surface area contributed by atoms with Gasteiger partial charge in [-0.05, 0) is 97.7 Å². The number of esters is 1. The lowest BCUT2D eigenvalue weighted by atomic mass is 9.47. The quantitative estimate of drug-likeness (QED) is 0.0228. The summed E-state index contributed by atoms with van der Waals surface area (Å²) in [7, 11) is 1.09. The maximum Gasteiger partial charge on any atom is 0.509 e. The summed E-state index contributed by atoms with van der Waals surface area (Å²) in [6.45, 7) is 14.1. The van der Waals surface area contributed by atoms with E-state index in [-0.39, 0.29) is 31.2 Å². The van der Waals surface area contributed by atoms with Crippen molar-refractivity contribution in [2.45, 2.75) is 214 Å². The van der Waals surface area contributed by atoms with E-state index in [2.05, 4.69) is 47.6 Å². The van der Waals surface area contributed by atoms with Crippen molar-refractivity contribution in [2.75, 3.05) is 47.5 Å². The van der Waals surface area contributed by atoms with Gasteiger partial charge >= 0.3 is 12.1 Å². The molecule has 0 saturated heterocycles. The fourth-order valence-corrected chi connectivity index (χ4v) is 13.1. The van der Waals surface area contributed by atoms with Crippen LogP contribution in [0.3, 0.4) is 0 Å². The number of carbonyl (C=O) groups excluding carboxylic acids is 2. The van der Waals surface area contributed by atoms with Crippen LogP contribution in [-0.4, -0.2) is 76.3 Å². The topological polar surface area (TPSA) is 120 Å². The van der Waals surface area contributed by atoms with Crippen molar-refractivity contribution >= 4 is 19.9 Å². The lowest BCUT2D eigenvalue weighted by Gasteiger charge is -2.58. The molecule has 3 fully saturated rings. The van der Waals surface area contributed by atoms with E-state index in [0.717, 1.165) is 55.8 Å². The lowest BCUT2D eigenvalue weighted by Crippen LogP contribution is -2.51. The van der Waals surface area contributed by atoms with Crippen LogP contribution in [0.15, 0.2) is 11.6 Å². The third-order valence-corrected chi connectivity index (χ3v) is 17.1. The van der Waals surface area contributed by atoms with Crippen molar-refractivity contribution in [3.05, 3.63) is 11.6 Å². The summed E-state index contributed by atoms with van der Waals surface area (Å²) in [5.41, 5.74) is 1.95. The third kappa shape index (κ3) is 17.6. The molecule has 4 aliphatic rings. The molecule has 0 spiro atoms. The third-order valence-electron chi connectivity index (χ3n) is 16.1. The van der Waals surface area contributed by atoms with Crippen LogP contribution in [0.2, 0.25) is 0 Å². The number of unbranched alkanes of at least 4 members (excludes halogenated alkanes) is 12. The van der Waals surface area contributed by atoms with Gasteiger partial charge in [0.1, 0.15) is 25.9 Å². The molecule has 3 saturated carbocycles. The highest BCUT2D eigenvalue weighted by atomic mass is 31.2. The van der Waals surface area contributed by atoms with Crippen molar-refractivity contribution in [1.29, 1.82) is 0 Å². The van der Waals surface area contributed by atoms with Crippen molar-refractivity contribution in [3.63, 3.8) is 0 Å². The Morgan fingerprint density at radius 3 is 2.10 bits per heavy atom. The zero-order valence-corrected chi connectivity index (χ0v) is 42.7. The van der Waals surface area contributed by atoms with Crippen molar-refractivity contribution in [3.8, 4) is 0 Å². The number of hydrogen-bond donors (Lipinski definition) is 0. The van der Waals surface area contributed by atoms with Gasteiger partial charge in [0.2, 0.25) is 0 Å². The minimum atomic E-state index is -4.71. The highest BCUT2D eigenvalue weighted by molar-refractivity contribution is 7.45. The van der Waals surface area contributed by atoms with Gasteiger partial charge in [-0.2, -0.15) is 0 Å². The Morgan fingerprint density at radius 1 is 0.810 bits per heavy atom. The largest absolute Gasteiger partial charge is 0.756 e. The van der Waals surface area contributed by atoms with Gasteiger partial charge in [0.05, 0.1) is 27.7 Å². The zero-order valence-electron chi connectivity index (χ0n) is 41.8. The van der Waals surface area contributed by atoms with Gasteiger partial charge in [0, 0.05) is 12.8 Å². The van der Waals surface area contributed by atoms with Crippen LogP contribution in [-0.2, 0) is 32.6 Å². The first kappa shape index (κ1) is 54.2. The van der Waals surface area contributed by atoms with Gasteiger partial charge < -0.3 is 32.6 Å². The van der Waals surface area contributed by atoms with Crippen LogP contribution in [0.4, 0.5) is 4.79 Å². The number of fused-ring (bicyclic) bond motifs is 5. The molecule has 4 aliphatic carbocycles. The summed E-state index contributed by atoms with van der Waals surface area (Å²) in [6, 6.07) is 0. The first-order valence-corrected chi connectivity index (χ1v) is 27.5. The number of nitrogens with zero attached hydrogens (tertiary/aromatic N) is 1. The number of likely N-dealkylation sites (N-methyl/N-ethyl adjacent to an activating group) is 1. The Morgan fingerprint density at radius 2 is 1.46 bits per heavy atom. The summed E-state index contributed by atoms with van der Waals surface area (Å²) < 4.78 is 40.5. The Labute approximate surface area is 385 Å². The van der Waals surface area contributed by atoms with E-state index in [4.69, 9.17) is 23.3 Å². The fourth-order valence-electron chi connectivity index (χ4n) is 12.4. The normalized spacial score (nSPS) is 28.9. The van der Waals surface area contributed by atoms with E-state index in [1.165, 1.54) is 115 Å². The molecule has 63 heavy (non-hydrogen) atoms. The van der Waals surface area contributed by atoms with E-state index < -0.39 is 32.7 Å². The average Bonchev–Trinajstić information content (AvgIpc) is 3.57. The molecule has 0 aromatic rings. The summed E-state index contributed by atoms with van der Waals surface area (Å²) in [5.74, 6) is 4.13. The molecule has 0 radical (unpaired) electrons. The molecule has 10 atom stereocenters. The van der Waals surface area contributed by atoms with Crippen LogP contribution >= 0.6 is 7.82 Å².